The predicted molar refractivity (Wildman–Crippen MR) is 101 cm³/mol. The Kier molecular flexibility index (Phi) is 4.73. The molecule has 3 heterocycles. The van der Waals surface area contributed by atoms with E-state index in [9.17, 15) is 0 Å². The smallest absolute Gasteiger partial charge is 0.185 e. The molecular formula is C18H18ClN4O3. The molecule has 1 radical (unpaired) electrons. The molecule has 1 aliphatic rings. The molecule has 1 aliphatic heterocycles. The van der Waals surface area contributed by atoms with E-state index < -0.39 is 0 Å². The Morgan fingerprint density at radius 3 is 3.12 bits per heavy atom. The molecule has 26 heavy (non-hydrogen) atoms. The second-order valence-corrected chi connectivity index (χ2v) is 6.11. The quantitative estimate of drug-likeness (QED) is 0.573. The van der Waals surface area contributed by atoms with Gasteiger partial charge in [-0.1, -0.05) is 11.6 Å². The number of pyridine rings is 1. The van der Waals surface area contributed by atoms with Crippen molar-refractivity contribution in [3.63, 3.8) is 0 Å². The number of methoxy groups -OCH3 is 1. The third kappa shape index (κ3) is 3.23. The van der Waals surface area contributed by atoms with E-state index in [1.54, 1.807) is 19.4 Å². The highest BCUT2D eigenvalue weighted by Crippen LogP contribution is 2.39. The summed E-state index contributed by atoms with van der Waals surface area (Å²) >= 11 is 6.29. The van der Waals surface area contributed by atoms with E-state index in [-0.39, 0.29) is 0 Å². The molecule has 0 atom stereocenters. The molecule has 0 saturated carbocycles. The molecule has 4 rings (SSSR count). The minimum absolute atomic E-state index is 0.502. The van der Waals surface area contributed by atoms with Gasteiger partial charge < -0.3 is 29.8 Å². The number of aromatic amines is 1. The lowest BCUT2D eigenvalue weighted by atomic mass is 10.2. The molecule has 7 nitrogen and oxygen atoms in total. The first-order valence-corrected chi connectivity index (χ1v) is 8.62. The first-order chi connectivity index (χ1) is 12.8. The molecule has 3 N–H and O–H groups in total. The first-order valence-electron chi connectivity index (χ1n) is 8.24. The number of ether oxygens (including phenoxy) is 3. The molecule has 0 unspecified atom stereocenters. The van der Waals surface area contributed by atoms with Crippen LogP contribution in [0.5, 0.6) is 11.5 Å². The molecule has 0 amide bonds. The summed E-state index contributed by atoms with van der Waals surface area (Å²) in [5.74, 6) is 1.89. The number of halogens is 1. The van der Waals surface area contributed by atoms with Crippen LogP contribution in [0, 0.1) is 6.07 Å². The average molecular weight is 374 g/mol. The topological polar surface area (TPSA) is 80.4 Å². The van der Waals surface area contributed by atoms with Crippen molar-refractivity contribution in [2.45, 2.75) is 0 Å². The Hall–Kier alpha value is -2.64. The Morgan fingerprint density at radius 2 is 2.23 bits per heavy atom. The van der Waals surface area contributed by atoms with Gasteiger partial charge in [0.25, 0.3) is 0 Å². The number of anilines is 3. The van der Waals surface area contributed by atoms with Crippen LogP contribution in [0.1, 0.15) is 0 Å². The number of aromatic nitrogens is 2. The number of nitrogens with one attached hydrogen (secondary N) is 3. The van der Waals surface area contributed by atoms with Crippen LogP contribution in [-0.2, 0) is 4.74 Å². The standard InChI is InChI=1S/C18H18ClN4O3/c1-24-6-5-20-13-9-15(23-18-16(13)11(19)10-21-18)22-12-3-2-4-14-17(12)26-8-7-25-14/h2-3,9-10H,5-8H2,1H3,(H3,20,21,22,23). The van der Waals surface area contributed by atoms with Crippen molar-refractivity contribution in [3.05, 3.63) is 35.5 Å². The van der Waals surface area contributed by atoms with Gasteiger partial charge in [0.05, 0.1) is 28.4 Å². The molecule has 1 aromatic carbocycles. The number of rotatable bonds is 6. The fraction of sp³-hybridized carbons (Fsp3) is 0.278. The molecule has 3 aromatic rings. The van der Waals surface area contributed by atoms with Crippen LogP contribution in [0.3, 0.4) is 0 Å². The van der Waals surface area contributed by atoms with Crippen LogP contribution in [0.2, 0.25) is 5.02 Å². The van der Waals surface area contributed by atoms with Gasteiger partial charge >= 0.3 is 0 Å². The zero-order chi connectivity index (χ0) is 17.9. The highest BCUT2D eigenvalue weighted by Gasteiger charge is 2.17. The van der Waals surface area contributed by atoms with E-state index in [0.29, 0.717) is 54.4 Å². The van der Waals surface area contributed by atoms with Gasteiger partial charge in [-0.3, -0.25) is 0 Å². The Labute approximate surface area is 155 Å². The molecule has 0 bridgehead atoms. The van der Waals surface area contributed by atoms with Crippen molar-refractivity contribution >= 4 is 39.8 Å². The van der Waals surface area contributed by atoms with E-state index in [4.69, 9.17) is 25.8 Å². The van der Waals surface area contributed by atoms with Crippen LogP contribution in [0.4, 0.5) is 17.2 Å². The molecule has 8 heteroatoms. The number of fused-ring (bicyclic) bond motifs is 2. The van der Waals surface area contributed by atoms with E-state index in [1.165, 1.54) is 0 Å². The van der Waals surface area contributed by atoms with Gasteiger partial charge in [-0.05, 0) is 12.1 Å². The summed E-state index contributed by atoms with van der Waals surface area (Å²) in [7, 11) is 1.66. The number of hydrogen-bond acceptors (Lipinski definition) is 6. The molecule has 135 valence electrons. The van der Waals surface area contributed by atoms with Gasteiger partial charge in [-0.2, -0.15) is 0 Å². The summed E-state index contributed by atoms with van der Waals surface area (Å²) in [5.41, 5.74) is 2.33. The summed E-state index contributed by atoms with van der Waals surface area (Å²) in [5, 5.41) is 8.08. The number of benzene rings is 1. The van der Waals surface area contributed by atoms with E-state index in [0.717, 1.165) is 16.8 Å². The first kappa shape index (κ1) is 16.8. The Bertz CT molecular complexity index is 928. The lowest BCUT2D eigenvalue weighted by Gasteiger charge is -2.21. The van der Waals surface area contributed by atoms with Gasteiger partial charge in [-0.25, -0.2) is 4.98 Å². The zero-order valence-electron chi connectivity index (χ0n) is 14.2. The molecule has 0 aliphatic carbocycles. The molecule has 0 saturated heterocycles. The second kappa shape index (κ2) is 7.31. The third-order valence-corrected chi connectivity index (χ3v) is 4.27. The SMILES string of the molecule is COCCNc1cc(Nc2cc[c]c3c2OCCO3)nc2[nH]cc(Cl)c12. The minimum atomic E-state index is 0.502. The maximum absolute atomic E-state index is 6.29. The van der Waals surface area contributed by atoms with Gasteiger partial charge in [0, 0.05) is 32.0 Å². The van der Waals surface area contributed by atoms with Crippen LogP contribution >= 0.6 is 11.6 Å². The lowest BCUT2D eigenvalue weighted by Crippen LogP contribution is -2.16. The van der Waals surface area contributed by atoms with E-state index >= 15 is 0 Å². The highest BCUT2D eigenvalue weighted by atomic mass is 35.5. The molecule has 0 spiro atoms. The normalized spacial score (nSPS) is 13.0. The van der Waals surface area contributed by atoms with Crippen LogP contribution < -0.4 is 20.1 Å². The van der Waals surface area contributed by atoms with Crippen LogP contribution in [-0.4, -0.2) is 43.4 Å². The third-order valence-electron chi connectivity index (χ3n) is 3.97. The lowest BCUT2D eigenvalue weighted by molar-refractivity contribution is 0.172. The van der Waals surface area contributed by atoms with Crippen molar-refractivity contribution in [2.75, 3.05) is 44.1 Å². The summed E-state index contributed by atoms with van der Waals surface area (Å²) in [6.07, 6.45) is 1.72. The van der Waals surface area contributed by atoms with Gasteiger partial charge in [0.15, 0.2) is 11.5 Å². The summed E-state index contributed by atoms with van der Waals surface area (Å²) in [6.45, 7) is 2.26. The monoisotopic (exact) mass is 373 g/mol. The van der Waals surface area contributed by atoms with Crippen molar-refractivity contribution in [3.8, 4) is 11.5 Å². The van der Waals surface area contributed by atoms with Crippen molar-refractivity contribution in [1.29, 1.82) is 0 Å². The van der Waals surface area contributed by atoms with Crippen LogP contribution in [0.15, 0.2) is 24.4 Å². The maximum atomic E-state index is 6.29. The van der Waals surface area contributed by atoms with Crippen molar-refractivity contribution in [2.24, 2.45) is 0 Å². The second-order valence-electron chi connectivity index (χ2n) is 5.71. The van der Waals surface area contributed by atoms with Gasteiger partial charge in [0.2, 0.25) is 0 Å². The molecule has 2 aromatic heterocycles. The predicted octanol–water partition coefficient (Wildman–Crippen LogP) is 3.59. The summed E-state index contributed by atoms with van der Waals surface area (Å²) in [4.78, 5) is 7.69. The number of H-pyrrole nitrogens is 1. The average Bonchev–Trinajstić information content (AvgIpc) is 3.03. The zero-order valence-corrected chi connectivity index (χ0v) is 14.9. The number of nitrogens with zero attached hydrogens (tertiary/aromatic N) is 1. The Balaban J connectivity index is 1.69. The van der Waals surface area contributed by atoms with E-state index in [1.807, 2.05) is 12.1 Å². The Morgan fingerprint density at radius 1 is 1.35 bits per heavy atom. The van der Waals surface area contributed by atoms with Gasteiger partial charge in [0.1, 0.15) is 24.7 Å². The summed E-state index contributed by atoms with van der Waals surface area (Å²) < 4.78 is 16.4. The van der Waals surface area contributed by atoms with Crippen LogP contribution in [0.25, 0.3) is 11.0 Å². The molecule has 0 fully saturated rings. The number of hydrogen-bond donors (Lipinski definition) is 3. The molecular weight excluding hydrogens is 356 g/mol. The van der Waals surface area contributed by atoms with Crippen molar-refractivity contribution in [1.82, 2.24) is 9.97 Å². The fourth-order valence-electron chi connectivity index (χ4n) is 2.83. The van der Waals surface area contributed by atoms with Crippen molar-refractivity contribution < 1.29 is 14.2 Å². The van der Waals surface area contributed by atoms with Gasteiger partial charge in [-0.15, -0.1) is 0 Å². The minimum Gasteiger partial charge on any atom is -0.485 e. The summed E-state index contributed by atoms with van der Waals surface area (Å²) in [6, 6.07) is 8.61. The largest absolute Gasteiger partial charge is 0.485 e. The fourth-order valence-corrected chi connectivity index (χ4v) is 3.07. The van der Waals surface area contributed by atoms with E-state index in [2.05, 4.69) is 26.7 Å². The highest BCUT2D eigenvalue weighted by molar-refractivity contribution is 6.36. The maximum Gasteiger partial charge on any atom is 0.185 e.